The number of aromatic nitrogens is 3. The maximum Gasteiger partial charge on any atom is 1.00 e. The first-order valence-corrected chi connectivity index (χ1v) is 14.9. The maximum absolute atomic E-state index is 11.8. The van der Waals surface area contributed by atoms with Crippen LogP contribution < -0.4 is 29.6 Å². The molecule has 3 heterocycles. The average Bonchev–Trinajstić information content (AvgIpc) is 3.89. The minimum atomic E-state index is 0. The molecule has 3 fully saturated rings. The first-order chi connectivity index (χ1) is 20.2. The van der Waals surface area contributed by atoms with E-state index in [9.17, 15) is 9.59 Å². The second-order valence-electron chi connectivity index (χ2n) is 11.3. The molecule has 0 aliphatic heterocycles. The number of aryl methyl sites for hydroxylation is 3. The van der Waals surface area contributed by atoms with E-state index < -0.39 is 0 Å². The van der Waals surface area contributed by atoms with Crippen LogP contribution in [0.3, 0.4) is 0 Å². The SMILES string of the molecule is CC.CON(C)C(=O)C1CC1c1cncc(C)c1.Cc1cncc(C2CC2C=O)c1.Cc1cncc(C2CC2CO)c1.[B].[H-].[Na+]. The van der Waals surface area contributed by atoms with Crippen LogP contribution in [-0.4, -0.2) is 66.5 Å². The molecule has 1 N–H and O–H groups in total. The van der Waals surface area contributed by atoms with Gasteiger partial charge in [0.05, 0.1) is 7.11 Å². The van der Waals surface area contributed by atoms with E-state index in [1.807, 2.05) is 71.8 Å². The fraction of sp³-hybridized carbons (Fsp3) is 0.500. The number of aliphatic hydroxyl groups excluding tert-OH is 1. The van der Waals surface area contributed by atoms with Gasteiger partial charge in [-0.25, -0.2) is 5.06 Å². The van der Waals surface area contributed by atoms with Gasteiger partial charge >= 0.3 is 29.6 Å². The summed E-state index contributed by atoms with van der Waals surface area (Å²) in [5.74, 6) is 2.21. The Kier molecular flexibility index (Phi) is 17.3. The number of hydrogen-bond acceptors (Lipinski definition) is 7. The van der Waals surface area contributed by atoms with E-state index in [-0.39, 0.29) is 57.1 Å². The van der Waals surface area contributed by atoms with Gasteiger partial charge in [-0.1, -0.05) is 32.0 Å². The number of pyridine rings is 3. The molecule has 0 bridgehead atoms. The summed E-state index contributed by atoms with van der Waals surface area (Å²) in [6.07, 6.45) is 15.2. The molecule has 0 saturated heterocycles. The smallest absolute Gasteiger partial charge is 1.00 e. The Hall–Kier alpha value is -2.43. The van der Waals surface area contributed by atoms with Gasteiger partial charge in [0.1, 0.15) is 6.29 Å². The van der Waals surface area contributed by atoms with Gasteiger partial charge in [-0.2, -0.15) is 0 Å². The van der Waals surface area contributed by atoms with Gasteiger partial charge in [-0.15, -0.1) is 0 Å². The van der Waals surface area contributed by atoms with Crippen molar-refractivity contribution < 1.29 is 50.5 Å². The largest absolute Gasteiger partial charge is 1.00 e. The number of aliphatic hydroxyl groups is 1. The zero-order valence-electron chi connectivity index (χ0n) is 28.6. The minimum absolute atomic E-state index is 0. The van der Waals surface area contributed by atoms with Crippen LogP contribution in [0.25, 0.3) is 0 Å². The summed E-state index contributed by atoms with van der Waals surface area (Å²) in [5, 5.41) is 10.2. The Morgan fingerprint density at radius 1 is 0.864 bits per heavy atom. The summed E-state index contributed by atoms with van der Waals surface area (Å²) in [6.45, 7) is 10.4. The molecule has 1 amide bonds. The van der Waals surface area contributed by atoms with Crippen molar-refractivity contribution in [2.45, 2.75) is 71.6 Å². The first kappa shape index (κ1) is 39.6. The van der Waals surface area contributed by atoms with E-state index in [1.165, 1.54) is 34.4 Å². The van der Waals surface area contributed by atoms with Crippen molar-refractivity contribution in [3.63, 3.8) is 0 Å². The third-order valence-electron chi connectivity index (χ3n) is 7.84. The molecule has 10 heteroatoms. The topological polar surface area (TPSA) is 106 Å². The van der Waals surface area contributed by atoms with Gasteiger partial charge in [0.15, 0.2) is 0 Å². The molecule has 0 aromatic carbocycles. The predicted molar refractivity (Wildman–Crippen MR) is 171 cm³/mol. The Balaban J connectivity index is 0.000000615. The number of amides is 1. The van der Waals surface area contributed by atoms with Gasteiger partial charge in [0, 0.05) is 71.1 Å². The van der Waals surface area contributed by atoms with Crippen molar-refractivity contribution in [2.75, 3.05) is 20.8 Å². The van der Waals surface area contributed by atoms with Crippen molar-refractivity contribution in [1.29, 1.82) is 0 Å². The molecular formula is C34H47BN4NaO4. The van der Waals surface area contributed by atoms with Crippen LogP contribution >= 0.6 is 0 Å². The molecule has 3 saturated carbocycles. The maximum atomic E-state index is 11.8. The molecule has 44 heavy (non-hydrogen) atoms. The zero-order chi connectivity index (χ0) is 30.8. The van der Waals surface area contributed by atoms with E-state index in [0.29, 0.717) is 30.3 Å². The minimum Gasteiger partial charge on any atom is -1.00 e. The number of nitrogens with zero attached hydrogens (tertiary/aromatic N) is 4. The van der Waals surface area contributed by atoms with Crippen LogP contribution in [0.1, 0.15) is 85.7 Å². The van der Waals surface area contributed by atoms with Crippen LogP contribution in [0.4, 0.5) is 0 Å². The third kappa shape index (κ3) is 11.5. The van der Waals surface area contributed by atoms with E-state index in [0.717, 1.165) is 36.7 Å². The van der Waals surface area contributed by atoms with Crippen LogP contribution in [0.2, 0.25) is 0 Å². The molecule has 0 spiro atoms. The Morgan fingerprint density at radius 2 is 1.32 bits per heavy atom. The van der Waals surface area contributed by atoms with E-state index in [2.05, 4.69) is 33.2 Å². The molecule has 231 valence electrons. The number of carbonyl (C=O) groups excluding carboxylic acids is 2. The summed E-state index contributed by atoms with van der Waals surface area (Å²) >= 11 is 0. The fourth-order valence-corrected chi connectivity index (χ4v) is 5.11. The standard InChI is InChI=1S/C12H16N2O2.C10H13NO.C10H11NO.C2H6.B.Na.H/c1-8-4-9(7-13-6-8)10-5-11(10)12(15)14(2)16-3;2*1-7-2-8(5-11-4-7)10-3-9(10)6-12;1-2;;;/h4,6-7,10-11H,5H2,1-3H3;2,4-5,9-10,12H,3,6H2,1H3;2,4-6,9-10H,3H2,1H3;1-2H3;;;/q;;;;;+1;-1. The Bertz CT molecular complexity index is 1340. The molecule has 6 rings (SSSR count). The molecule has 3 radical (unpaired) electrons. The van der Waals surface area contributed by atoms with Gasteiger partial charge in [-0.3, -0.25) is 24.6 Å². The van der Waals surface area contributed by atoms with Crippen molar-refractivity contribution >= 4 is 20.6 Å². The summed E-state index contributed by atoms with van der Waals surface area (Å²) < 4.78 is 0. The Labute approximate surface area is 288 Å². The van der Waals surface area contributed by atoms with Gasteiger partial charge in [0.2, 0.25) is 5.91 Å². The molecule has 3 aromatic rings. The molecule has 6 atom stereocenters. The van der Waals surface area contributed by atoms with Crippen molar-refractivity contribution in [3.05, 3.63) is 88.8 Å². The predicted octanol–water partition coefficient (Wildman–Crippen LogP) is 2.45. The van der Waals surface area contributed by atoms with Crippen LogP contribution in [0, 0.1) is 38.5 Å². The number of aldehydes is 1. The number of rotatable bonds is 7. The molecular weight excluding hydrogens is 562 g/mol. The number of carbonyl (C=O) groups is 2. The molecule has 3 aromatic heterocycles. The van der Waals surface area contributed by atoms with Gasteiger partial charge in [0.25, 0.3) is 0 Å². The Morgan fingerprint density at radius 3 is 1.68 bits per heavy atom. The third-order valence-corrected chi connectivity index (χ3v) is 7.84. The quantitative estimate of drug-likeness (QED) is 0.249. The summed E-state index contributed by atoms with van der Waals surface area (Å²) in [4.78, 5) is 39.5. The van der Waals surface area contributed by atoms with Crippen LogP contribution in [-0.2, 0) is 14.4 Å². The monoisotopic (exact) mass is 609 g/mol. The van der Waals surface area contributed by atoms with Gasteiger partial charge in [-0.05, 0) is 97.1 Å². The fourth-order valence-electron chi connectivity index (χ4n) is 5.11. The van der Waals surface area contributed by atoms with Gasteiger partial charge < -0.3 is 11.3 Å². The molecule has 3 aliphatic rings. The second kappa shape index (κ2) is 19.2. The van der Waals surface area contributed by atoms with Crippen molar-refractivity contribution in [1.82, 2.24) is 20.0 Å². The van der Waals surface area contributed by atoms with E-state index in [1.54, 1.807) is 7.05 Å². The van der Waals surface area contributed by atoms with Crippen LogP contribution in [0.15, 0.2) is 55.4 Å². The molecule has 8 nitrogen and oxygen atoms in total. The summed E-state index contributed by atoms with van der Waals surface area (Å²) in [5.41, 5.74) is 7.17. The summed E-state index contributed by atoms with van der Waals surface area (Å²) in [7, 11) is 3.15. The second-order valence-corrected chi connectivity index (χ2v) is 11.3. The van der Waals surface area contributed by atoms with Crippen LogP contribution in [0.5, 0.6) is 0 Å². The average molecular weight is 610 g/mol. The summed E-state index contributed by atoms with van der Waals surface area (Å²) in [6, 6.07) is 6.37. The molecule has 3 aliphatic carbocycles. The normalized spacial score (nSPS) is 23.2. The zero-order valence-corrected chi connectivity index (χ0v) is 29.6. The molecule has 6 unspecified atom stereocenters. The van der Waals surface area contributed by atoms with E-state index >= 15 is 0 Å². The number of hydrogen-bond donors (Lipinski definition) is 1. The van der Waals surface area contributed by atoms with Crippen molar-refractivity contribution in [3.8, 4) is 0 Å². The number of hydroxylamine groups is 2. The van der Waals surface area contributed by atoms with E-state index in [4.69, 9.17) is 9.94 Å². The first-order valence-electron chi connectivity index (χ1n) is 14.9. The van der Waals surface area contributed by atoms with Crippen molar-refractivity contribution in [2.24, 2.45) is 17.8 Å².